The van der Waals surface area contributed by atoms with Gasteiger partial charge in [-0.15, -0.1) is 0 Å². The molecule has 1 rings (SSSR count). The largest absolute Gasteiger partial charge is 0.476 e. The number of nitrogens with one attached hydrogen (secondary N) is 2. The molecule has 0 radical (unpaired) electrons. The third kappa shape index (κ3) is 3.71. The fraction of sp³-hybridized carbons (Fsp3) is 0.167. The van der Waals surface area contributed by atoms with Crippen LogP contribution >= 0.6 is 0 Å². The van der Waals surface area contributed by atoms with Crippen LogP contribution in [-0.2, 0) is 9.53 Å². The highest BCUT2D eigenvalue weighted by Crippen LogP contribution is 2.17. The molecule has 0 aliphatic rings. The Kier molecular flexibility index (Phi) is 4.90. The molecule has 1 aromatic carbocycles. The Bertz CT molecular complexity index is 526. The number of aliphatic carboxylic acids is 1. The molecule has 5 N–H and O–H groups in total. The Morgan fingerprint density at radius 3 is 2.63 bits per heavy atom. The van der Waals surface area contributed by atoms with Gasteiger partial charge in [0.05, 0.1) is 12.7 Å². The van der Waals surface area contributed by atoms with Crippen molar-refractivity contribution in [2.75, 3.05) is 12.4 Å². The Hall–Kier alpha value is -2.54. The molecule has 0 unspecified atom stereocenters. The topological polar surface area (TPSA) is 114 Å². The minimum atomic E-state index is -1.20. The lowest BCUT2D eigenvalue weighted by Crippen LogP contribution is -2.27. The Labute approximate surface area is 110 Å². The van der Waals surface area contributed by atoms with E-state index in [2.05, 4.69) is 10.1 Å². The molecule has 19 heavy (non-hydrogen) atoms. The number of anilines is 1. The molecule has 0 heterocycles. The van der Waals surface area contributed by atoms with E-state index in [9.17, 15) is 9.59 Å². The number of carboxylic acids is 1. The molecule has 0 spiro atoms. The van der Waals surface area contributed by atoms with Gasteiger partial charge in [-0.2, -0.15) is 0 Å². The zero-order valence-electron chi connectivity index (χ0n) is 10.6. The minimum Gasteiger partial charge on any atom is -0.476 e. The molecule has 0 aliphatic carbocycles. The number of rotatable bonds is 5. The number of ether oxygens (including phenoxy) is 1. The van der Waals surface area contributed by atoms with Crippen LogP contribution in [0.3, 0.4) is 0 Å². The van der Waals surface area contributed by atoms with Crippen molar-refractivity contribution in [2.45, 2.75) is 6.92 Å². The molecule has 0 bridgehead atoms. The monoisotopic (exact) mass is 265 g/mol. The summed E-state index contributed by atoms with van der Waals surface area (Å²) in [4.78, 5) is 22.1. The zero-order valence-corrected chi connectivity index (χ0v) is 10.6. The molecule has 0 atom stereocenters. The van der Waals surface area contributed by atoms with E-state index in [1.54, 1.807) is 18.2 Å². The fourth-order valence-corrected chi connectivity index (χ4v) is 1.34. The van der Waals surface area contributed by atoms with Gasteiger partial charge in [-0.3, -0.25) is 5.84 Å². The molecule has 0 amide bonds. The predicted octanol–water partition coefficient (Wildman–Crippen LogP) is 0.583. The van der Waals surface area contributed by atoms with Gasteiger partial charge in [0.25, 0.3) is 0 Å². The van der Waals surface area contributed by atoms with Gasteiger partial charge in [-0.1, -0.05) is 6.07 Å². The van der Waals surface area contributed by atoms with Crippen molar-refractivity contribution in [3.8, 4) is 0 Å². The number of carbonyl (C=O) groups is 2. The van der Waals surface area contributed by atoms with Crippen LogP contribution in [0.4, 0.5) is 5.69 Å². The predicted molar refractivity (Wildman–Crippen MR) is 69.2 cm³/mol. The van der Waals surface area contributed by atoms with Gasteiger partial charge < -0.3 is 20.6 Å². The van der Waals surface area contributed by atoms with Gasteiger partial charge in [0, 0.05) is 11.9 Å². The number of methoxy groups -OCH3 is 1. The van der Waals surface area contributed by atoms with E-state index >= 15 is 0 Å². The third-order valence-electron chi connectivity index (χ3n) is 2.42. The molecular weight excluding hydrogens is 250 g/mol. The summed E-state index contributed by atoms with van der Waals surface area (Å²) < 4.78 is 4.61. The third-order valence-corrected chi connectivity index (χ3v) is 2.42. The summed E-state index contributed by atoms with van der Waals surface area (Å²) in [6.07, 6.45) is 1.20. The lowest BCUT2D eigenvalue weighted by Gasteiger charge is -2.09. The Morgan fingerprint density at radius 2 is 2.11 bits per heavy atom. The molecule has 0 saturated carbocycles. The standard InChI is InChI=1S/C12H15N3O4/c1-7-3-4-8(12(18)19-2)5-9(7)14-6-10(15-13)11(16)17/h3-6,14-15H,13H2,1-2H3,(H,16,17)/b10-6-. The summed E-state index contributed by atoms with van der Waals surface area (Å²) in [5.74, 6) is 3.39. The lowest BCUT2D eigenvalue weighted by molar-refractivity contribution is -0.133. The van der Waals surface area contributed by atoms with Gasteiger partial charge in [-0.25, -0.2) is 9.59 Å². The molecule has 0 aromatic heterocycles. The van der Waals surface area contributed by atoms with Crippen LogP contribution in [0, 0.1) is 6.92 Å². The van der Waals surface area contributed by atoms with Crippen molar-refractivity contribution in [3.05, 3.63) is 41.2 Å². The second-order valence-corrected chi connectivity index (χ2v) is 3.67. The van der Waals surface area contributed by atoms with Crippen LogP contribution in [0.1, 0.15) is 15.9 Å². The number of nitrogens with two attached hydrogens (primary N) is 1. The number of benzene rings is 1. The van der Waals surface area contributed by atoms with Crippen molar-refractivity contribution < 1.29 is 19.4 Å². The van der Waals surface area contributed by atoms with E-state index in [1.807, 2.05) is 12.3 Å². The van der Waals surface area contributed by atoms with Gasteiger partial charge in [0.2, 0.25) is 0 Å². The number of esters is 1. The maximum Gasteiger partial charge on any atom is 0.354 e. The fourth-order valence-electron chi connectivity index (χ4n) is 1.34. The van der Waals surface area contributed by atoms with Gasteiger partial charge in [0.15, 0.2) is 5.70 Å². The number of aryl methyl sites for hydroxylation is 1. The van der Waals surface area contributed by atoms with Crippen molar-refractivity contribution in [3.63, 3.8) is 0 Å². The number of carbonyl (C=O) groups excluding carboxylic acids is 1. The first kappa shape index (κ1) is 14.5. The van der Waals surface area contributed by atoms with E-state index in [4.69, 9.17) is 10.9 Å². The summed E-state index contributed by atoms with van der Waals surface area (Å²) in [6.45, 7) is 1.81. The molecule has 1 aromatic rings. The minimum absolute atomic E-state index is 0.206. The average molecular weight is 265 g/mol. The van der Waals surface area contributed by atoms with Gasteiger partial charge in [0.1, 0.15) is 0 Å². The van der Waals surface area contributed by atoms with Crippen LogP contribution < -0.4 is 16.6 Å². The molecule has 0 saturated heterocycles. The number of hydrazine groups is 1. The number of carboxylic acid groups (broad SMARTS) is 1. The van der Waals surface area contributed by atoms with Crippen LogP contribution in [-0.4, -0.2) is 24.2 Å². The molecule has 7 heteroatoms. The average Bonchev–Trinajstić information content (AvgIpc) is 2.40. The van der Waals surface area contributed by atoms with Gasteiger partial charge >= 0.3 is 11.9 Å². The van der Waals surface area contributed by atoms with Crippen LogP contribution in [0.25, 0.3) is 0 Å². The van der Waals surface area contributed by atoms with Crippen molar-refractivity contribution in [1.29, 1.82) is 0 Å². The van der Waals surface area contributed by atoms with E-state index in [-0.39, 0.29) is 5.70 Å². The summed E-state index contributed by atoms with van der Waals surface area (Å²) in [5, 5.41) is 11.5. The zero-order chi connectivity index (χ0) is 14.4. The van der Waals surface area contributed by atoms with Crippen LogP contribution in [0.15, 0.2) is 30.1 Å². The summed E-state index contributed by atoms with van der Waals surface area (Å²) in [5.41, 5.74) is 3.62. The Morgan fingerprint density at radius 1 is 1.42 bits per heavy atom. The molecule has 0 aliphatic heterocycles. The number of hydrogen-bond donors (Lipinski definition) is 4. The van der Waals surface area contributed by atoms with E-state index in [0.717, 1.165) is 5.56 Å². The lowest BCUT2D eigenvalue weighted by atomic mass is 10.1. The maximum absolute atomic E-state index is 11.4. The smallest absolute Gasteiger partial charge is 0.354 e. The molecule has 7 nitrogen and oxygen atoms in total. The Balaban J connectivity index is 3.00. The summed E-state index contributed by atoms with van der Waals surface area (Å²) in [6, 6.07) is 4.90. The van der Waals surface area contributed by atoms with Crippen LogP contribution in [0.5, 0.6) is 0 Å². The van der Waals surface area contributed by atoms with Gasteiger partial charge in [-0.05, 0) is 24.6 Å². The highest BCUT2D eigenvalue weighted by atomic mass is 16.5. The van der Waals surface area contributed by atoms with E-state index < -0.39 is 11.9 Å². The SMILES string of the molecule is COC(=O)c1ccc(C)c(N/C=C(\NN)C(=O)O)c1. The molecule has 102 valence electrons. The molecule has 0 fully saturated rings. The van der Waals surface area contributed by atoms with E-state index in [0.29, 0.717) is 11.3 Å². The van der Waals surface area contributed by atoms with Crippen molar-refractivity contribution in [1.82, 2.24) is 5.43 Å². The normalized spacial score (nSPS) is 10.8. The highest BCUT2D eigenvalue weighted by Gasteiger charge is 2.08. The first-order chi connectivity index (χ1) is 8.99. The second kappa shape index (κ2) is 6.41. The van der Waals surface area contributed by atoms with Crippen molar-refractivity contribution in [2.24, 2.45) is 5.84 Å². The highest BCUT2D eigenvalue weighted by molar-refractivity contribution is 5.91. The maximum atomic E-state index is 11.4. The molecular formula is C12H15N3O4. The van der Waals surface area contributed by atoms with Crippen molar-refractivity contribution >= 4 is 17.6 Å². The first-order valence-corrected chi connectivity index (χ1v) is 5.35. The summed E-state index contributed by atoms with van der Waals surface area (Å²) in [7, 11) is 1.29. The first-order valence-electron chi connectivity index (χ1n) is 5.35. The number of hydrogen-bond acceptors (Lipinski definition) is 6. The summed E-state index contributed by atoms with van der Waals surface area (Å²) >= 11 is 0. The second-order valence-electron chi connectivity index (χ2n) is 3.67. The van der Waals surface area contributed by atoms with Crippen LogP contribution in [0.2, 0.25) is 0 Å². The van der Waals surface area contributed by atoms with E-state index in [1.165, 1.54) is 13.3 Å². The quantitative estimate of drug-likeness (QED) is 0.266.